The van der Waals surface area contributed by atoms with E-state index in [4.69, 9.17) is 32.7 Å². The Morgan fingerprint density at radius 1 is 1.13 bits per heavy atom. The Morgan fingerprint density at radius 2 is 1.78 bits per heavy atom. The monoisotopic (exact) mass is 353 g/mol. The molecule has 0 aliphatic rings. The van der Waals surface area contributed by atoms with Crippen molar-refractivity contribution >= 4 is 34.8 Å². The van der Waals surface area contributed by atoms with E-state index in [-0.39, 0.29) is 12.5 Å². The van der Waals surface area contributed by atoms with Gasteiger partial charge in [-0.3, -0.25) is 4.79 Å². The zero-order valence-electron chi connectivity index (χ0n) is 13.1. The summed E-state index contributed by atoms with van der Waals surface area (Å²) in [6.07, 6.45) is 0. The van der Waals surface area contributed by atoms with Crippen LogP contribution in [-0.4, -0.2) is 19.6 Å². The third-order valence-electron chi connectivity index (χ3n) is 3.30. The second kappa shape index (κ2) is 7.57. The van der Waals surface area contributed by atoms with Crippen molar-refractivity contribution in [1.82, 2.24) is 0 Å². The SMILES string of the molecule is COc1ccc(NC(=O)COc2cc(C)c(Cl)c(C)c2Cl)cc1. The quantitative estimate of drug-likeness (QED) is 0.851. The first-order valence-corrected chi connectivity index (χ1v) is 7.70. The minimum Gasteiger partial charge on any atom is -0.497 e. The summed E-state index contributed by atoms with van der Waals surface area (Å²) in [5.74, 6) is 0.880. The summed E-state index contributed by atoms with van der Waals surface area (Å²) in [5.41, 5.74) is 2.24. The summed E-state index contributed by atoms with van der Waals surface area (Å²) in [7, 11) is 1.58. The van der Waals surface area contributed by atoms with Crippen LogP contribution in [0.25, 0.3) is 0 Å². The van der Waals surface area contributed by atoms with Crippen molar-refractivity contribution in [2.24, 2.45) is 0 Å². The number of rotatable bonds is 5. The van der Waals surface area contributed by atoms with Crippen LogP contribution in [-0.2, 0) is 4.79 Å². The third-order valence-corrected chi connectivity index (χ3v) is 4.35. The van der Waals surface area contributed by atoms with Gasteiger partial charge in [0.05, 0.1) is 12.1 Å². The zero-order chi connectivity index (χ0) is 17.0. The van der Waals surface area contributed by atoms with Crippen molar-refractivity contribution in [3.8, 4) is 11.5 Å². The molecular weight excluding hydrogens is 337 g/mol. The highest BCUT2D eigenvalue weighted by Gasteiger charge is 2.13. The summed E-state index contributed by atoms with van der Waals surface area (Å²) in [6, 6.07) is 8.75. The van der Waals surface area contributed by atoms with Crippen LogP contribution in [0.15, 0.2) is 30.3 Å². The summed E-state index contributed by atoms with van der Waals surface area (Å²) in [5, 5.41) is 3.75. The highest BCUT2D eigenvalue weighted by atomic mass is 35.5. The number of nitrogens with one attached hydrogen (secondary N) is 1. The van der Waals surface area contributed by atoms with E-state index in [1.54, 1.807) is 37.4 Å². The molecule has 1 amide bonds. The van der Waals surface area contributed by atoms with Crippen LogP contribution >= 0.6 is 23.2 Å². The summed E-state index contributed by atoms with van der Waals surface area (Å²) >= 11 is 12.3. The number of benzene rings is 2. The number of carbonyl (C=O) groups is 1. The Labute approximate surface area is 145 Å². The van der Waals surface area contributed by atoms with Crippen LogP contribution in [0.5, 0.6) is 11.5 Å². The van der Waals surface area contributed by atoms with E-state index in [1.807, 2.05) is 13.8 Å². The normalized spacial score (nSPS) is 10.3. The smallest absolute Gasteiger partial charge is 0.262 e. The number of carbonyl (C=O) groups excluding carboxylic acids is 1. The van der Waals surface area contributed by atoms with Gasteiger partial charge in [-0.15, -0.1) is 0 Å². The molecule has 0 saturated heterocycles. The molecule has 2 aromatic rings. The Bertz CT molecular complexity index is 715. The number of methoxy groups -OCH3 is 1. The molecule has 23 heavy (non-hydrogen) atoms. The van der Waals surface area contributed by atoms with E-state index in [2.05, 4.69) is 5.32 Å². The minimum absolute atomic E-state index is 0.147. The first kappa shape index (κ1) is 17.4. The van der Waals surface area contributed by atoms with Crippen LogP contribution in [0, 0.1) is 13.8 Å². The van der Waals surface area contributed by atoms with E-state index in [0.29, 0.717) is 21.5 Å². The molecule has 1 N–H and O–H groups in total. The number of aryl methyl sites for hydroxylation is 1. The zero-order valence-corrected chi connectivity index (χ0v) is 14.6. The number of amides is 1. The van der Waals surface area contributed by atoms with Gasteiger partial charge in [-0.25, -0.2) is 0 Å². The molecule has 0 spiro atoms. The Balaban J connectivity index is 1.99. The molecule has 2 rings (SSSR count). The fourth-order valence-corrected chi connectivity index (χ4v) is 2.42. The molecule has 4 nitrogen and oxygen atoms in total. The van der Waals surface area contributed by atoms with Gasteiger partial charge < -0.3 is 14.8 Å². The Morgan fingerprint density at radius 3 is 2.39 bits per heavy atom. The lowest BCUT2D eigenvalue weighted by atomic mass is 10.1. The van der Waals surface area contributed by atoms with Crippen LogP contribution in [0.2, 0.25) is 10.0 Å². The van der Waals surface area contributed by atoms with Gasteiger partial charge in [0.1, 0.15) is 11.5 Å². The number of ether oxygens (including phenoxy) is 2. The summed E-state index contributed by atoms with van der Waals surface area (Å²) in [6.45, 7) is 3.52. The molecule has 0 atom stereocenters. The molecule has 0 aliphatic carbocycles. The highest BCUT2D eigenvalue weighted by molar-refractivity contribution is 6.37. The molecule has 0 radical (unpaired) electrons. The summed E-state index contributed by atoms with van der Waals surface area (Å²) < 4.78 is 10.6. The second-order valence-electron chi connectivity index (χ2n) is 5.01. The van der Waals surface area contributed by atoms with E-state index >= 15 is 0 Å². The molecule has 122 valence electrons. The lowest BCUT2D eigenvalue weighted by molar-refractivity contribution is -0.118. The van der Waals surface area contributed by atoms with Gasteiger partial charge in [0.15, 0.2) is 6.61 Å². The lowest BCUT2D eigenvalue weighted by Crippen LogP contribution is -2.20. The number of halogens is 2. The maximum absolute atomic E-state index is 12.0. The van der Waals surface area contributed by atoms with Gasteiger partial charge in [-0.05, 0) is 55.3 Å². The molecule has 0 aliphatic heterocycles. The van der Waals surface area contributed by atoms with Crippen LogP contribution in [0.1, 0.15) is 11.1 Å². The van der Waals surface area contributed by atoms with Gasteiger partial charge in [0.2, 0.25) is 0 Å². The molecule has 0 saturated carbocycles. The van der Waals surface area contributed by atoms with E-state index in [1.165, 1.54) is 0 Å². The molecule has 0 heterocycles. The Hall–Kier alpha value is -1.91. The molecule has 0 aromatic heterocycles. The molecule has 6 heteroatoms. The van der Waals surface area contributed by atoms with Crippen molar-refractivity contribution in [2.45, 2.75) is 13.8 Å². The first-order valence-electron chi connectivity index (χ1n) is 6.94. The predicted octanol–water partition coefficient (Wildman–Crippen LogP) is 4.64. The fraction of sp³-hybridized carbons (Fsp3) is 0.235. The van der Waals surface area contributed by atoms with Gasteiger partial charge in [0, 0.05) is 10.7 Å². The van der Waals surface area contributed by atoms with Crippen LogP contribution in [0.4, 0.5) is 5.69 Å². The van der Waals surface area contributed by atoms with Crippen molar-refractivity contribution in [3.05, 3.63) is 51.5 Å². The number of hydrogen-bond donors (Lipinski definition) is 1. The van der Waals surface area contributed by atoms with Gasteiger partial charge >= 0.3 is 0 Å². The van der Waals surface area contributed by atoms with Gasteiger partial charge in [-0.2, -0.15) is 0 Å². The molecule has 0 bridgehead atoms. The van der Waals surface area contributed by atoms with E-state index < -0.39 is 0 Å². The van der Waals surface area contributed by atoms with Crippen molar-refractivity contribution < 1.29 is 14.3 Å². The van der Waals surface area contributed by atoms with Crippen molar-refractivity contribution in [1.29, 1.82) is 0 Å². The second-order valence-corrected chi connectivity index (χ2v) is 5.77. The van der Waals surface area contributed by atoms with Crippen molar-refractivity contribution in [3.63, 3.8) is 0 Å². The average molecular weight is 354 g/mol. The lowest BCUT2D eigenvalue weighted by Gasteiger charge is -2.13. The van der Waals surface area contributed by atoms with Crippen LogP contribution in [0.3, 0.4) is 0 Å². The number of hydrogen-bond acceptors (Lipinski definition) is 3. The number of anilines is 1. The molecule has 0 unspecified atom stereocenters. The van der Waals surface area contributed by atoms with E-state index in [0.717, 1.165) is 16.9 Å². The van der Waals surface area contributed by atoms with Crippen molar-refractivity contribution in [2.75, 3.05) is 19.0 Å². The molecular formula is C17H17Cl2NO3. The molecule has 2 aromatic carbocycles. The average Bonchev–Trinajstić information content (AvgIpc) is 2.55. The van der Waals surface area contributed by atoms with Gasteiger partial charge in [0.25, 0.3) is 5.91 Å². The molecule has 0 fully saturated rings. The van der Waals surface area contributed by atoms with E-state index in [9.17, 15) is 4.79 Å². The standard InChI is InChI=1S/C17H17Cl2NO3/c1-10-8-14(17(19)11(2)16(10)18)23-9-15(21)20-12-4-6-13(22-3)7-5-12/h4-8H,9H2,1-3H3,(H,20,21). The Kier molecular flexibility index (Phi) is 5.74. The highest BCUT2D eigenvalue weighted by Crippen LogP contribution is 2.35. The van der Waals surface area contributed by atoms with Crippen LogP contribution < -0.4 is 14.8 Å². The fourth-order valence-electron chi connectivity index (χ4n) is 2.02. The first-order chi connectivity index (χ1) is 10.9. The topological polar surface area (TPSA) is 47.6 Å². The maximum Gasteiger partial charge on any atom is 0.262 e. The largest absolute Gasteiger partial charge is 0.497 e. The minimum atomic E-state index is -0.281. The predicted molar refractivity (Wildman–Crippen MR) is 93.1 cm³/mol. The maximum atomic E-state index is 12.0. The third kappa shape index (κ3) is 4.30. The summed E-state index contributed by atoms with van der Waals surface area (Å²) in [4.78, 5) is 12.0. The van der Waals surface area contributed by atoms with Gasteiger partial charge in [-0.1, -0.05) is 23.2 Å².